The van der Waals surface area contributed by atoms with Crippen LogP contribution in [0.5, 0.6) is 0 Å². The Bertz CT molecular complexity index is 766. The Hall–Kier alpha value is -2.89. The molecule has 23 heavy (non-hydrogen) atoms. The summed E-state index contributed by atoms with van der Waals surface area (Å²) in [5.74, 6) is -1.10. The summed E-state index contributed by atoms with van der Waals surface area (Å²) in [7, 11) is 0. The second-order valence-electron chi connectivity index (χ2n) is 5.32. The molecule has 1 aromatic heterocycles. The van der Waals surface area contributed by atoms with Crippen LogP contribution in [-0.4, -0.2) is 28.3 Å². The van der Waals surface area contributed by atoms with Crippen molar-refractivity contribution in [2.45, 2.75) is 26.7 Å². The summed E-state index contributed by atoms with van der Waals surface area (Å²) in [6.07, 6.45) is 4.23. The third kappa shape index (κ3) is 3.15. The van der Waals surface area contributed by atoms with Crippen molar-refractivity contribution in [2.24, 2.45) is 0 Å². The van der Waals surface area contributed by atoms with E-state index in [0.717, 1.165) is 5.56 Å². The molecule has 1 aliphatic heterocycles. The molecule has 0 saturated heterocycles. The van der Waals surface area contributed by atoms with Crippen molar-refractivity contribution in [1.82, 2.24) is 10.3 Å². The summed E-state index contributed by atoms with van der Waals surface area (Å²) < 4.78 is 0. The summed E-state index contributed by atoms with van der Waals surface area (Å²) in [6.45, 7) is 7.23. The summed E-state index contributed by atoms with van der Waals surface area (Å²) in [4.78, 5) is 36.7. The van der Waals surface area contributed by atoms with E-state index >= 15 is 0 Å². The molecule has 0 aliphatic carbocycles. The zero-order valence-electron chi connectivity index (χ0n) is 13.0. The quantitative estimate of drug-likeness (QED) is 0.700. The van der Waals surface area contributed by atoms with E-state index in [4.69, 9.17) is 5.11 Å². The van der Waals surface area contributed by atoms with Gasteiger partial charge in [0.25, 0.3) is 5.91 Å². The Morgan fingerprint density at radius 1 is 1.30 bits per heavy atom. The number of aromatic nitrogens is 1. The lowest BCUT2D eigenvalue weighted by Gasteiger charge is -2.02. The first-order valence-corrected chi connectivity index (χ1v) is 7.14. The minimum atomic E-state index is -0.919. The molecular formula is C17H18N2O4. The molecule has 2 rings (SSSR count). The summed E-state index contributed by atoms with van der Waals surface area (Å²) in [5.41, 5.74) is 4.40. The van der Waals surface area contributed by atoms with Crippen LogP contribution < -0.4 is 5.32 Å². The highest BCUT2D eigenvalue weighted by Crippen LogP contribution is 2.26. The van der Waals surface area contributed by atoms with Gasteiger partial charge >= 0.3 is 5.97 Å². The Morgan fingerprint density at radius 3 is 2.57 bits per heavy atom. The predicted molar refractivity (Wildman–Crippen MR) is 85.9 cm³/mol. The largest absolute Gasteiger partial charge is 0.481 e. The third-order valence-corrected chi connectivity index (χ3v) is 3.93. The molecule has 0 bridgehead atoms. The van der Waals surface area contributed by atoms with Crippen LogP contribution in [-0.2, 0) is 16.0 Å². The molecule has 6 heteroatoms. The number of hydrogen-bond acceptors (Lipinski definition) is 3. The molecule has 120 valence electrons. The average molecular weight is 314 g/mol. The van der Waals surface area contributed by atoms with Gasteiger partial charge in [0.1, 0.15) is 0 Å². The highest BCUT2D eigenvalue weighted by molar-refractivity contribution is 6.01. The second kappa shape index (κ2) is 6.48. The number of carbonyl (C=O) groups excluding carboxylic acids is 2. The monoisotopic (exact) mass is 314 g/mol. The van der Waals surface area contributed by atoms with Crippen LogP contribution in [0.2, 0.25) is 0 Å². The van der Waals surface area contributed by atoms with E-state index in [0.29, 0.717) is 40.1 Å². The van der Waals surface area contributed by atoms with Crippen LogP contribution in [0.1, 0.15) is 40.7 Å². The van der Waals surface area contributed by atoms with Crippen molar-refractivity contribution >= 4 is 24.2 Å². The normalized spacial score (nSPS) is 15.9. The Kier molecular flexibility index (Phi) is 4.64. The molecule has 0 fully saturated rings. The maximum atomic E-state index is 11.7. The molecule has 0 unspecified atom stereocenters. The number of hydrogen-bond donors (Lipinski definition) is 3. The van der Waals surface area contributed by atoms with Crippen molar-refractivity contribution < 1.29 is 19.5 Å². The molecule has 0 atom stereocenters. The van der Waals surface area contributed by atoms with Crippen LogP contribution in [0.25, 0.3) is 6.08 Å². The highest BCUT2D eigenvalue weighted by Gasteiger charge is 2.22. The van der Waals surface area contributed by atoms with Gasteiger partial charge in [-0.15, -0.1) is 0 Å². The molecule has 0 saturated carbocycles. The van der Waals surface area contributed by atoms with Crippen molar-refractivity contribution in [3.8, 4) is 0 Å². The number of rotatable bonds is 6. The maximum absolute atomic E-state index is 11.7. The zero-order chi connectivity index (χ0) is 17.1. The standard InChI is InChI=1S/C17H18N2O4/c1-4-11-10(3)17(23)19-14(11)7-13-9(2)12(5-6-16(21)22)15(8-20)18-13/h4,7-8,18H,1,5-6H2,2-3H3,(H,19,23)(H,21,22)/b14-7+. The van der Waals surface area contributed by atoms with Crippen molar-refractivity contribution in [1.29, 1.82) is 0 Å². The van der Waals surface area contributed by atoms with Gasteiger partial charge in [0, 0.05) is 23.3 Å². The topological polar surface area (TPSA) is 99.3 Å². The Balaban J connectivity index is 2.43. The van der Waals surface area contributed by atoms with Crippen LogP contribution in [0.4, 0.5) is 0 Å². The minimum Gasteiger partial charge on any atom is -0.481 e. The number of carboxylic acids is 1. The summed E-state index contributed by atoms with van der Waals surface area (Å²) in [6, 6.07) is 0. The third-order valence-electron chi connectivity index (χ3n) is 3.93. The first-order chi connectivity index (χ1) is 10.9. The molecular weight excluding hydrogens is 296 g/mol. The number of aliphatic carboxylic acids is 1. The SMILES string of the molecule is C=CC1=C(C)C(=O)N/C1=C/c1[nH]c(C=O)c(CCC(=O)O)c1C. The Morgan fingerprint density at radius 2 is 2.00 bits per heavy atom. The van der Waals surface area contributed by atoms with Gasteiger partial charge in [-0.25, -0.2) is 0 Å². The maximum Gasteiger partial charge on any atom is 0.303 e. The molecule has 1 aliphatic rings. The van der Waals surface area contributed by atoms with Crippen LogP contribution in [0.15, 0.2) is 29.5 Å². The molecule has 2 heterocycles. The summed E-state index contributed by atoms with van der Waals surface area (Å²) in [5, 5.41) is 11.6. The van der Waals surface area contributed by atoms with Gasteiger partial charge in [0.05, 0.1) is 11.4 Å². The van der Waals surface area contributed by atoms with Gasteiger partial charge in [0.15, 0.2) is 6.29 Å². The molecule has 0 aromatic carbocycles. The predicted octanol–water partition coefficient (Wildman–Crippen LogP) is 2.13. The first-order valence-electron chi connectivity index (χ1n) is 7.14. The van der Waals surface area contributed by atoms with Gasteiger partial charge < -0.3 is 15.4 Å². The molecule has 6 nitrogen and oxygen atoms in total. The van der Waals surface area contributed by atoms with Crippen molar-refractivity contribution in [3.05, 3.63) is 52.0 Å². The lowest BCUT2D eigenvalue weighted by atomic mass is 10.0. The number of H-pyrrole nitrogens is 1. The highest BCUT2D eigenvalue weighted by atomic mass is 16.4. The van der Waals surface area contributed by atoms with Gasteiger partial charge in [-0.05, 0) is 37.5 Å². The van der Waals surface area contributed by atoms with Gasteiger partial charge in [-0.1, -0.05) is 12.7 Å². The van der Waals surface area contributed by atoms with E-state index in [1.165, 1.54) is 0 Å². The first kappa shape index (κ1) is 16.5. The van der Waals surface area contributed by atoms with Gasteiger partial charge in [0.2, 0.25) is 0 Å². The molecule has 3 N–H and O–H groups in total. The van der Waals surface area contributed by atoms with Crippen LogP contribution >= 0.6 is 0 Å². The fourth-order valence-corrected chi connectivity index (χ4v) is 2.61. The molecule has 1 aromatic rings. The van der Waals surface area contributed by atoms with E-state index < -0.39 is 5.97 Å². The fourth-order valence-electron chi connectivity index (χ4n) is 2.61. The van der Waals surface area contributed by atoms with Crippen LogP contribution in [0, 0.1) is 6.92 Å². The number of nitrogens with one attached hydrogen (secondary N) is 2. The fraction of sp³-hybridized carbons (Fsp3) is 0.235. The molecule has 0 radical (unpaired) electrons. The zero-order valence-corrected chi connectivity index (χ0v) is 13.0. The Labute approximate surface area is 133 Å². The number of aromatic amines is 1. The van der Waals surface area contributed by atoms with Gasteiger partial charge in [-0.3, -0.25) is 14.4 Å². The number of aldehydes is 1. The van der Waals surface area contributed by atoms with Crippen molar-refractivity contribution in [3.63, 3.8) is 0 Å². The number of carbonyl (C=O) groups is 3. The minimum absolute atomic E-state index is 0.0524. The van der Waals surface area contributed by atoms with Gasteiger partial charge in [-0.2, -0.15) is 0 Å². The van der Waals surface area contributed by atoms with E-state index in [9.17, 15) is 14.4 Å². The number of allylic oxidation sites excluding steroid dienone is 1. The van der Waals surface area contributed by atoms with E-state index in [-0.39, 0.29) is 18.7 Å². The van der Waals surface area contributed by atoms with E-state index in [1.54, 1.807) is 19.1 Å². The smallest absolute Gasteiger partial charge is 0.303 e. The average Bonchev–Trinajstić information content (AvgIpc) is 2.95. The summed E-state index contributed by atoms with van der Waals surface area (Å²) >= 11 is 0. The lowest BCUT2D eigenvalue weighted by Crippen LogP contribution is -2.15. The van der Waals surface area contributed by atoms with Crippen molar-refractivity contribution in [2.75, 3.05) is 0 Å². The second-order valence-corrected chi connectivity index (χ2v) is 5.32. The lowest BCUT2D eigenvalue weighted by molar-refractivity contribution is -0.137. The van der Waals surface area contributed by atoms with Crippen LogP contribution in [0.3, 0.4) is 0 Å². The van der Waals surface area contributed by atoms with E-state index in [2.05, 4.69) is 16.9 Å². The number of carboxylic acid groups (broad SMARTS) is 1. The molecule has 0 spiro atoms. The molecule has 1 amide bonds. The number of amides is 1. The van der Waals surface area contributed by atoms with E-state index in [1.807, 2.05) is 6.92 Å².